The van der Waals surface area contributed by atoms with Crippen LogP contribution in [0.15, 0.2) is 30.3 Å². The second-order valence-corrected chi connectivity index (χ2v) is 6.10. The van der Waals surface area contributed by atoms with E-state index in [1.54, 1.807) is 0 Å². The van der Waals surface area contributed by atoms with Gasteiger partial charge >= 0.3 is 0 Å². The molecule has 1 atom stereocenters. The first-order valence-corrected chi connectivity index (χ1v) is 6.89. The minimum absolute atomic E-state index is 0.167. The fourth-order valence-electron chi connectivity index (χ4n) is 2.73. The smallest absolute Gasteiger partial charge is 0.0638 e. The molecule has 19 heavy (non-hydrogen) atoms. The second kappa shape index (κ2) is 5.73. The van der Waals surface area contributed by atoms with Crippen molar-refractivity contribution in [3.63, 3.8) is 0 Å². The Morgan fingerprint density at radius 2 is 2.00 bits per heavy atom. The van der Waals surface area contributed by atoms with Crippen molar-refractivity contribution in [3.05, 3.63) is 35.9 Å². The van der Waals surface area contributed by atoms with Crippen molar-refractivity contribution in [2.24, 2.45) is 0 Å². The molecule has 0 bridgehead atoms. The molecule has 1 aromatic carbocycles. The van der Waals surface area contributed by atoms with Gasteiger partial charge in [-0.05, 0) is 26.5 Å². The van der Waals surface area contributed by atoms with Gasteiger partial charge in [0.2, 0.25) is 0 Å². The molecule has 2 rings (SSSR count). The number of hydrogen-bond donors (Lipinski definition) is 0. The third-order valence-electron chi connectivity index (χ3n) is 4.18. The molecular weight excluding hydrogens is 234 g/mol. The summed E-state index contributed by atoms with van der Waals surface area (Å²) in [4.78, 5) is 4.83. The normalized spacial score (nSPS) is 24.0. The van der Waals surface area contributed by atoms with Crippen LogP contribution < -0.4 is 0 Å². The maximum atomic E-state index is 9.02. The molecule has 1 aliphatic rings. The molecule has 0 radical (unpaired) electrons. The van der Waals surface area contributed by atoms with E-state index in [0.29, 0.717) is 12.5 Å². The topological polar surface area (TPSA) is 30.3 Å². The van der Waals surface area contributed by atoms with E-state index >= 15 is 0 Å². The van der Waals surface area contributed by atoms with E-state index in [0.717, 1.165) is 19.6 Å². The minimum atomic E-state index is 0.167. The third-order valence-corrected chi connectivity index (χ3v) is 4.18. The van der Waals surface area contributed by atoms with Crippen LogP contribution in [-0.2, 0) is 6.54 Å². The van der Waals surface area contributed by atoms with Crippen LogP contribution in [0.1, 0.15) is 25.8 Å². The molecule has 0 aromatic heterocycles. The van der Waals surface area contributed by atoms with E-state index in [9.17, 15) is 0 Å². The lowest BCUT2D eigenvalue weighted by molar-refractivity contribution is -0.00416. The summed E-state index contributed by atoms with van der Waals surface area (Å²) in [6.07, 6.45) is 0.604. The van der Waals surface area contributed by atoms with Crippen LogP contribution in [0.4, 0.5) is 0 Å². The molecule has 3 heteroatoms. The zero-order valence-corrected chi connectivity index (χ0v) is 12.1. The molecule has 1 aliphatic heterocycles. The summed E-state index contributed by atoms with van der Waals surface area (Å²) >= 11 is 0. The Labute approximate surface area is 116 Å². The van der Waals surface area contributed by atoms with Gasteiger partial charge in [-0.15, -0.1) is 0 Å². The fourth-order valence-corrected chi connectivity index (χ4v) is 2.73. The minimum Gasteiger partial charge on any atom is -0.298 e. The Hall–Kier alpha value is -1.37. The maximum Gasteiger partial charge on any atom is 0.0638 e. The van der Waals surface area contributed by atoms with Gasteiger partial charge in [-0.2, -0.15) is 5.26 Å². The van der Waals surface area contributed by atoms with Crippen LogP contribution in [0.3, 0.4) is 0 Å². The Kier molecular flexibility index (Phi) is 4.24. The van der Waals surface area contributed by atoms with E-state index in [-0.39, 0.29) is 5.54 Å². The zero-order valence-electron chi connectivity index (χ0n) is 12.1. The van der Waals surface area contributed by atoms with Crippen LogP contribution in [-0.4, -0.2) is 41.5 Å². The van der Waals surface area contributed by atoms with E-state index in [1.165, 1.54) is 5.56 Å². The van der Waals surface area contributed by atoms with Gasteiger partial charge in [0.05, 0.1) is 12.5 Å². The van der Waals surface area contributed by atoms with E-state index in [1.807, 2.05) is 6.07 Å². The fraction of sp³-hybridized carbons (Fsp3) is 0.562. The molecular formula is C16H23N3. The van der Waals surface area contributed by atoms with Crippen LogP contribution in [0.2, 0.25) is 0 Å². The van der Waals surface area contributed by atoms with E-state index in [4.69, 9.17) is 5.26 Å². The SMILES string of the molecule is CN1CC(CC#N)N(Cc2ccccc2)CC1(C)C. The molecule has 1 aromatic rings. The predicted octanol–water partition coefficient (Wildman–Crippen LogP) is 2.49. The van der Waals surface area contributed by atoms with Crippen LogP contribution in [0, 0.1) is 11.3 Å². The maximum absolute atomic E-state index is 9.02. The van der Waals surface area contributed by atoms with Gasteiger partial charge in [-0.25, -0.2) is 0 Å². The molecule has 1 fully saturated rings. The summed E-state index contributed by atoms with van der Waals surface area (Å²) in [5.74, 6) is 0. The Balaban J connectivity index is 2.13. The largest absolute Gasteiger partial charge is 0.298 e. The number of nitriles is 1. The molecule has 0 spiro atoms. The van der Waals surface area contributed by atoms with Crippen molar-refractivity contribution in [3.8, 4) is 6.07 Å². The van der Waals surface area contributed by atoms with Gasteiger partial charge in [-0.1, -0.05) is 30.3 Å². The highest BCUT2D eigenvalue weighted by atomic mass is 15.3. The van der Waals surface area contributed by atoms with E-state index < -0.39 is 0 Å². The van der Waals surface area contributed by atoms with Crippen molar-refractivity contribution in [1.82, 2.24) is 9.80 Å². The molecule has 0 N–H and O–H groups in total. The summed E-state index contributed by atoms with van der Waals surface area (Å²) in [6.45, 7) is 7.45. The van der Waals surface area contributed by atoms with Gasteiger partial charge in [0.15, 0.2) is 0 Å². The van der Waals surface area contributed by atoms with Crippen molar-refractivity contribution < 1.29 is 0 Å². The van der Waals surface area contributed by atoms with Gasteiger partial charge < -0.3 is 0 Å². The number of hydrogen-bond acceptors (Lipinski definition) is 3. The highest BCUT2D eigenvalue weighted by molar-refractivity contribution is 5.15. The summed E-state index contributed by atoms with van der Waals surface area (Å²) in [6, 6.07) is 13.2. The second-order valence-electron chi connectivity index (χ2n) is 6.10. The number of rotatable bonds is 3. The highest BCUT2D eigenvalue weighted by Gasteiger charge is 2.36. The average Bonchev–Trinajstić information content (AvgIpc) is 2.37. The van der Waals surface area contributed by atoms with Crippen LogP contribution in [0.25, 0.3) is 0 Å². The lowest BCUT2D eigenvalue weighted by atomic mass is 9.94. The molecule has 0 aliphatic carbocycles. The summed E-state index contributed by atoms with van der Waals surface area (Å²) in [5, 5.41) is 9.02. The van der Waals surface area contributed by atoms with E-state index in [2.05, 4.69) is 61.0 Å². The molecule has 1 unspecified atom stereocenters. The number of benzene rings is 1. The summed E-state index contributed by atoms with van der Waals surface area (Å²) in [7, 11) is 2.16. The first-order chi connectivity index (χ1) is 9.03. The molecule has 1 heterocycles. The van der Waals surface area contributed by atoms with Crippen molar-refractivity contribution in [2.45, 2.75) is 38.4 Å². The Morgan fingerprint density at radius 3 is 2.63 bits per heavy atom. The predicted molar refractivity (Wildman–Crippen MR) is 77.6 cm³/mol. The van der Waals surface area contributed by atoms with Crippen LogP contribution >= 0.6 is 0 Å². The third kappa shape index (κ3) is 3.34. The molecule has 3 nitrogen and oxygen atoms in total. The van der Waals surface area contributed by atoms with Gasteiger partial charge in [0, 0.05) is 31.2 Å². The van der Waals surface area contributed by atoms with Crippen molar-refractivity contribution in [2.75, 3.05) is 20.1 Å². The van der Waals surface area contributed by atoms with Crippen molar-refractivity contribution >= 4 is 0 Å². The number of piperazine rings is 1. The molecule has 102 valence electrons. The first-order valence-electron chi connectivity index (χ1n) is 6.89. The van der Waals surface area contributed by atoms with Gasteiger partial charge in [0.1, 0.15) is 0 Å². The van der Waals surface area contributed by atoms with Gasteiger partial charge in [-0.3, -0.25) is 9.80 Å². The molecule has 0 amide bonds. The average molecular weight is 257 g/mol. The van der Waals surface area contributed by atoms with Crippen molar-refractivity contribution in [1.29, 1.82) is 5.26 Å². The summed E-state index contributed by atoms with van der Waals surface area (Å²) in [5.41, 5.74) is 1.49. The quantitative estimate of drug-likeness (QED) is 0.833. The zero-order chi connectivity index (χ0) is 13.9. The monoisotopic (exact) mass is 257 g/mol. The highest BCUT2D eigenvalue weighted by Crippen LogP contribution is 2.25. The Bertz CT molecular complexity index is 447. The standard InChI is InChI=1S/C16H23N3/c1-16(2)13-19(11-14-7-5-4-6-8-14)15(9-10-17)12-18(16)3/h4-8,15H,9,11-13H2,1-3H3. The number of nitrogens with zero attached hydrogens (tertiary/aromatic N) is 3. The Morgan fingerprint density at radius 1 is 1.32 bits per heavy atom. The summed E-state index contributed by atoms with van der Waals surface area (Å²) < 4.78 is 0. The van der Waals surface area contributed by atoms with Gasteiger partial charge in [0.25, 0.3) is 0 Å². The first kappa shape index (κ1) is 14.0. The lowest BCUT2D eigenvalue weighted by Gasteiger charge is -2.49. The molecule has 1 saturated heterocycles. The number of likely N-dealkylation sites (N-methyl/N-ethyl adjacent to an activating group) is 1. The lowest BCUT2D eigenvalue weighted by Crippen LogP contribution is -2.61. The van der Waals surface area contributed by atoms with Crippen LogP contribution in [0.5, 0.6) is 0 Å². The molecule has 0 saturated carbocycles.